The summed E-state index contributed by atoms with van der Waals surface area (Å²) in [5, 5.41) is 0.473. The average Bonchev–Trinajstić information content (AvgIpc) is 2.38. The van der Waals surface area contributed by atoms with Gasteiger partial charge in [-0.1, -0.05) is 11.6 Å². The fraction of sp³-hybridized carbons (Fsp3) is 0.538. The molecule has 4 nitrogen and oxygen atoms in total. The van der Waals surface area contributed by atoms with Crippen molar-refractivity contribution in [3.8, 4) is 0 Å². The standard InChI is InChI=1S/C13H18ClN3O/c1-10(2)16-5-7-17(8-6-16)13(18)11-9-15-4-3-12(11)14/h3-4,9-10H,5-8H2,1-2H3. The number of pyridine rings is 1. The molecule has 98 valence electrons. The predicted molar refractivity (Wildman–Crippen MR) is 71.9 cm³/mol. The zero-order valence-corrected chi connectivity index (χ0v) is 11.5. The Kier molecular flexibility index (Phi) is 4.19. The third-order valence-corrected chi connectivity index (χ3v) is 3.66. The Hall–Kier alpha value is -1.13. The predicted octanol–water partition coefficient (Wildman–Crippen LogP) is 1.90. The van der Waals surface area contributed by atoms with Crippen LogP contribution in [-0.2, 0) is 0 Å². The molecule has 5 heteroatoms. The van der Waals surface area contributed by atoms with E-state index < -0.39 is 0 Å². The number of nitrogens with zero attached hydrogens (tertiary/aromatic N) is 3. The molecule has 0 unspecified atom stereocenters. The molecule has 0 aromatic carbocycles. The van der Waals surface area contributed by atoms with Crippen molar-refractivity contribution in [1.82, 2.24) is 14.8 Å². The van der Waals surface area contributed by atoms with Gasteiger partial charge in [0, 0.05) is 44.6 Å². The third kappa shape index (κ3) is 2.82. The molecule has 0 aliphatic carbocycles. The van der Waals surface area contributed by atoms with Gasteiger partial charge in [0.2, 0.25) is 0 Å². The van der Waals surface area contributed by atoms with Crippen molar-refractivity contribution < 1.29 is 4.79 Å². The highest BCUT2D eigenvalue weighted by molar-refractivity contribution is 6.33. The van der Waals surface area contributed by atoms with Crippen LogP contribution in [0.2, 0.25) is 5.02 Å². The van der Waals surface area contributed by atoms with Crippen LogP contribution in [-0.4, -0.2) is 52.9 Å². The van der Waals surface area contributed by atoms with Crippen molar-refractivity contribution in [1.29, 1.82) is 0 Å². The lowest BCUT2D eigenvalue weighted by molar-refractivity contribution is 0.0595. The van der Waals surface area contributed by atoms with E-state index in [2.05, 4.69) is 23.7 Å². The summed E-state index contributed by atoms with van der Waals surface area (Å²) in [6, 6.07) is 2.18. The molecule has 2 rings (SSSR count). The number of carbonyl (C=O) groups excluding carboxylic acids is 1. The van der Waals surface area contributed by atoms with Crippen LogP contribution in [0, 0.1) is 0 Å². The van der Waals surface area contributed by atoms with Gasteiger partial charge < -0.3 is 4.90 Å². The van der Waals surface area contributed by atoms with Gasteiger partial charge in [0.15, 0.2) is 0 Å². The zero-order chi connectivity index (χ0) is 13.1. The quantitative estimate of drug-likeness (QED) is 0.821. The molecule has 1 amide bonds. The molecule has 0 saturated carbocycles. The summed E-state index contributed by atoms with van der Waals surface area (Å²) in [5.41, 5.74) is 0.497. The first kappa shape index (κ1) is 13.3. The van der Waals surface area contributed by atoms with E-state index in [9.17, 15) is 4.79 Å². The van der Waals surface area contributed by atoms with Crippen LogP contribution in [0.25, 0.3) is 0 Å². The molecule has 0 spiro atoms. The fourth-order valence-electron chi connectivity index (χ4n) is 2.15. The van der Waals surface area contributed by atoms with E-state index in [0.717, 1.165) is 26.2 Å². The van der Waals surface area contributed by atoms with Crippen LogP contribution < -0.4 is 0 Å². The van der Waals surface area contributed by atoms with Gasteiger partial charge in [-0.05, 0) is 19.9 Å². The second-order valence-electron chi connectivity index (χ2n) is 4.78. The first-order valence-electron chi connectivity index (χ1n) is 6.22. The zero-order valence-electron chi connectivity index (χ0n) is 10.8. The van der Waals surface area contributed by atoms with Crippen molar-refractivity contribution >= 4 is 17.5 Å². The van der Waals surface area contributed by atoms with Crippen LogP contribution in [0.3, 0.4) is 0 Å². The number of aromatic nitrogens is 1. The van der Waals surface area contributed by atoms with E-state index in [-0.39, 0.29) is 5.91 Å². The molecule has 1 aromatic rings. The smallest absolute Gasteiger partial charge is 0.257 e. The molecule has 1 aliphatic rings. The number of carbonyl (C=O) groups is 1. The molecule has 0 bridgehead atoms. The van der Waals surface area contributed by atoms with E-state index in [4.69, 9.17) is 11.6 Å². The number of amides is 1. The number of hydrogen-bond donors (Lipinski definition) is 0. The molecule has 0 radical (unpaired) electrons. The lowest BCUT2D eigenvalue weighted by Gasteiger charge is -2.37. The SMILES string of the molecule is CC(C)N1CCN(C(=O)c2cnccc2Cl)CC1. The molecule has 1 aliphatic heterocycles. The van der Waals surface area contributed by atoms with Gasteiger partial charge in [0.25, 0.3) is 5.91 Å². The molecular weight excluding hydrogens is 250 g/mol. The topological polar surface area (TPSA) is 36.4 Å². The molecule has 0 N–H and O–H groups in total. The highest BCUT2D eigenvalue weighted by Crippen LogP contribution is 2.17. The summed E-state index contributed by atoms with van der Waals surface area (Å²) in [6.45, 7) is 7.69. The van der Waals surface area contributed by atoms with Crippen molar-refractivity contribution in [3.05, 3.63) is 29.0 Å². The van der Waals surface area contributed by atoms with Gasteiger partial charge in [-0.2, -0.15) is 0 Å². The number of halogens is 1. The minimum atomic E-state index is -0.0171. The summed E-state index contributed by atoms with van der Waals surface area (Å²) in [4.78, 5) is 20.5. The van der Waals surface area contributed by atoms with E-state index in [1.165, 1.54) is 0 Å². The third-order valence-electron chi connectivity index (χ3n) is 3.33. The monoisotopic (exact) mass is 267 g/mol. The first-order valence-corrected chi connectivity index (χ1v) is 6.60. The Morgan fingerprint density at radius 3 is 2.56 bits per heavy atom. The molecule has 18 heavy (non-hydrogen) atoms. The van der Waals surface area contributed by atoms with E-state index in [1.54, 1.807) is 18.5 Å². The minimum Gasteiger partial charge on any atom is -0.336 e. The summed E-state index contributed by atoms with van der Waals surface area (Å²) >= 11 is 6.02. The second kappa shape index (κ2) is 5.67. The molecule has 2 heterocycles. The van der Waals surface area contributed by atoms with Crippen molar-refractivity contribution in [3.63, 3.8) is 0 Å². The van der Waals surface area contributed by atoms with Crippen LogP contribution in [0.15, 0.2) is 18.5 Å². The minimum absolute atomic E-state index is 0.0171. The van der Waals surface area contributed by atoms with E-state index in [0.29, 0.717) is 16.6 Å². The first-order chi connectivity index (χ1) is 8.59. The van der Waals surface area contributed by atoms with Crippen molar-refractivity contribution in [2.75, 3.05) is 26.2 Å². The van der Waals surface area contributed by atoms with Crippen molar-refractivity contribution in [2.45, 2.75) is 19.9 Å². The summed E-state index contributed by atoms with van der Waals surface area (Å²) < 4.78 is 0. The lowest BCUT2D eigenvalue weighted by atomic mass is 10.2. The summed E-state index contributed by atoms with van der Waals surface area (Å²) in [6.07, 6.45) is 3.13. The Balaban J connectivity index is 2.02. The average molecular weight is 268 g/mol. The molecule has 1 fully saturated rings. The van der Waals surface area contributed by atoms with E-state index in [1.807, 2.05) is 4.90 Å². The molecular formula is C13H18ClN3O. The lowest BCUT2D eigenvalue weighted by Crippen LogP contribution is -2.50. The van der Waals surface area contributed by atoms with E-state index >= 15 is 0 Å². The van der Waals surface area contributed by atoms with Gasteiger partial charge in [-0.3, -0.25) is 14.7 Å². The van der Waals surface area contributed by atoms with Crippen LogP contribution in [0.4, 0.5) is 0 Å². The number of piperazine rings is 1. The van der Waals surface area contributed by atoms with Crippen LogP contribution in [0.1, 0.15) is 24.2 Å². The molecule has 1 aromatic heterocycles. The summed E-state index contributed by atoms with van der Waals surface area (Å²) in [5.74, 6) is -0.0171. The van der Waals surface area contributed by atoms with Gasteiger partial charge in [0.1, 0.15) is 0 Å². The molecule has 1 saturated heterocycles. The summed E-state index contributed by atoms with van der Waals surface area (Å²) in [7, 11) is 0. The maximum absolute atomic E-state index is 12.3. The largest absolute Gasteiger partial charge is 0.336 e. The fourth-order valence-corrected chi connectivity index (χ4v) is 2.33. The Morgan fingerprint density at radius 1 is 1.33 bits per heavy atom. The normalized spacial score (nSPS) is 17.2. The maximum atomic E-state index is 12.3. The van der Waals surface area contributed by atoms with Crippen LogP contribution in [0.5, 0.6) is 0 Å². The number of hydrogen-bond acceptors (Lipinski definition) is 3. The highest BCUT2D eigenvalue weighted by Gasteiger charge is 2.24. The van der Waals surface area contributed by atoms with Gasteiger partial charge in [0.05, 0.1) is 10.6 Å². The number of rotatable bonds is 2. The second-order valence-corrected chi connectivity index (χ2v) is 5.18. The van der Waals surface area contributed by atoms with Crippen LogP contribution >= 0.6 is 11.6 Å². The van der Waals surface area contributed by atoms with Crippen molar-refractivity contribution in [2.24, 2.45) is 0 Å². The molecule has 0 atom stereocenters. The van der Waals surface area contributed by atoms with Gasteiger partial charge in [-0.15, -0.1) is 0 Å². The maximum Gasteiger partial charge on any atom is 0.257 e. The Bertz CT molecular complexity index is 428. The Labute approximate surface area is 113 Å². The Morgan fingerprint density at radius 2 is 2.00 bits per heavy atom. The highest BCUT2D eigenvalue weighted by atomic mass is 35.5. The van der Waals surface area contributed by atoms with Gasteiger partial charge >= 0.3 is 0 Å². The van der Waals surface area contributed by atoms with Gasteiger partial charge in [-0.25, -0.2) is 0 Å².